The Labute approximate surface area is 48.9 Å². The second-order valence-corrected chi connectivity index (χ2v) is 1.52. The van der Waals surface area contributed by atoms with Crippen molar-refractivity contribution in [2.75, 3.05) is 7.11 Å². The number of hydrogen-bond donors (Lipinski definition) is 0. The maximum atomic E-state index is 4.91. The van der Waals surface area contributed by atoms with E-state index in [9.17, 15) is 0 Å². The fraction of sp³-hybridized carbons (Fsp3) is 0.143. The van der Waals surface area contributed by atoms with Gasteiger partial charge in [-0.2, -0.15) is 0 Å². The summed E-state index contributed by atoms with van der Waals surface area (Å²) in [5.41, 5.74) is 0. The van der Waals surface area contributed by atoms with Crippen LogP contribution >= 0.6 is 0 Å². The first kappa shape index (κ1) is 5.16. The monoisotopic (exact) mass is 109 g/mol. The predicted molar refractivity (Wildman–Crippen MR) is 33.0 cm³/mol. The normalized spacial score (nSPS) is 8.62. The van der Waals surface area contributed by atoms with Gasteiger partial charge in [0.25, 0.3) is 0 Å². The van der Waals surface area contributed by atoms with E-state index < -0.39 is 0 Å². The third kappa shape index (κ3) is 0.997. The molecular formula is C7H8O. The summed E-state index contributed by atoms with van der Waals surface area (Å²) in [6.45, 7) is 0. The number of para-hydroxylation sites is 1. The van der Waals surface area contributed by atoms with Crippen LogP contribution in [0.3, 0.4) is 0 Å². The zero-order chi connectivity index (χ0) is 5.82. The van der Waals surface area contributed by atoms with Gasteiger partial charge in [0.15, 0.2) is 0 Å². The second-order valence-electron chi connectivity index (χ2n) is 1.52. The molecule has 1 aromatic carbocycles. The zero-order valence-electron chi connectivity index (χ0n) is 4.79. The Hall–Kier alpha value is -0.980. The molecule has 0 amide bonds. The molecule has 0 N–H and O–H groups in total. The molecule has 1 aromatic rings. The van der Waals surface area contributed by atoms with Gasteiger partial charge in [-0.3, -0.25) is 0 Å². The molecule has 0 unspecified atom stereocenters. The lowest BCUT2D eigenvalue weighted by Gasteiger charge is -1.93. The van der Waals surface area contributed by atoms with Crippen LogP contribution in [0.5, 0.6) is 5.75 Å². The number of rotatable bonds is 1. The minimum absolute atomic E-state index is 0.910. The highest BCUT2D eigenvalue weighted by Crippen LogP contribution is 2.05. The van der Waals surface area contributed by atoms with Crippen molar-refractivity contribution < 1.29 is 4.74 Å². The van der Waals surface area contributed by atoms with Crippen molar-refractivity contribution in [2.24, 2.45) is 0 Å². The van der Waals surface area contributed by atoms with E-state index >= 15 is 0 Å². The Balaban J connectivity index is 2.83. The molecule has 0 fully saturated rings. The van der Waals surface area contributed by atoms with E-state index in [0.717, 1.165) is 5.75 Å². The topological polar surface area (TPSA) is 9.23 Å². The van der Waals surface area contributed by atoms with Crippen LogP contribution in [-0.4, -0.2) is 7.11 Å². The molecule has 0 aromatic heterocycles. The fourth-order valence-corrected chi connectivity index (χ4v) is 0.557. The molecule has 0 heterocycles. The SMILES string of the molecule is [13CH3]Oc1ccccc1. The Morgan fingerprint density at radius 1 is 1.12 bits per heavy atom. The quantitative estimate of drug-likeness (QED) is 0.499. The fourth-order valence-electron chi connectivity index (χ4n) is 0.557. The molecule has 0 radical (unpaired) electrons. The van der Waals surface area contributed by atoms with Crippen LogP contribution in [0, 0.1) is 0 Å². The zero-order valence-corrected chi connectivity index (χ0v) is 4.79. The molecule has 1 rings (SSSR count). The first-order valence-electron chi connectivity index (χ1n) is 2.52. The second kappa shape index (κ2) is 2.36. The summed E-state index contributed by atoms with van der Waals surface area (Å²) < 4.78 is 4.91. The highest BCUT2D eigenvalue weighted by Gasteiger charge is 1.80. The standard InChI is InChI=1S/C7H8O/c1-8-7-5-3-2-4-6-7/h2-6H,1H3/i1+1. The summed E-state index contributed by atoms with van der Waals surface area (Å²) in [7, 11) is 1.66. The van der Waals surface area contributed by atoms with E-state index in [0.29, 0.717) is 0 Å². The molecule has 0 spiro atoms. The predicted octanol–water partition coefficient (Wildman–Crippen LogP) is 1.70. The molecule has 0 aliphatic carbocycles. The summed E-state index contributed by atoms with van der Waals surface area (Å²) in [5.74, 6) is 0.910. The van der Waals surface area contributed by atoms with Crippen molar-refractivity contribution >= 4 is 0 Å². The largest absolute Gasteiger partial charge is 0.497 e. The van der Waals surface area contributed by atoms with Gasteiger partial charge in [-0.25, -0.2) is 0 Å². The van der Waals surface area contributed by atoms with Crippen molar-refractivity contribution in [3.05, 3.63) is 30.3 Å². The van der Waals surface area contributed by atoms with Gasteiger partial charge in [-0.1, -0.05) is 18.2 Å². The summed E-state index contributed by atoms with van der Waals surface area (Å²) >= 11 is 0. The first-order chi connectivity index (χ1) is 3.93. The molecule has 42 valence electrons. The molecule has 0 aliphatic heterocycles. The summed E-state index contributed by atoms with van der Waals surface area (Å²) in [4.78, 5) is 0. The Kier molecular flexibility index (Phi) is 1.52. The maximum Gasteiger partial charge on any atom is 0.118 e. The lowest BCUT2D eigenvalue weighted by atomic mass is 10.3. The first-order valence-corrected chi connectivity index (χ1v) is 2.52. The van der Waals surface area contributed by atoms with Crippen LogP contribution in [-0.2, 0) is 0 Å². The van der Waals surface area contributed by atoms with Gasteiger partial charge in [-0.05, 0) is 12.1 Å². The maximum absolute atomic E-state index is 4.91. The van der Waals surface area contributed by atoms with E-state index in [1.807, 2.05) is 30.3 Å². The summed E-state index contributed by atoms with van der Waals surface area (Å²) in [6.07, 6.45) is 0. The molecule has 0 saturated carbocycles. The van der Waals surface area contributed by atoms with Gasteiger partial charge in [0.05, 0.1) is 7.11 Å². The Morgan fingerprint density at radius 2 is 1.75 bits per heavy atom. The lowest BCUT2D eigenvalue weighted by Crippen LogP contribution is -1.78. The van der Waals surface area contributed by atoms with Gasteiger partial charge in [0.2, 0.25) is 0 Å². The minimum atomic E-state index is 0.910. The Bertz CT molecular complexity index is 146. The van der Waals surface area contributed by atoms with Crippen molar-refractivity contribution in [2.45, 2.75) is 0 Å². The van der Waals surface area contributed by atoms with E-state index in [4.69, 9.17) is 4.74 Å². The third-order valence-electron chi connectivity index (χ3n) is 0.979. The molecule has 1 heteroatoms. The Morgan fingerprint density at radius 3 is 2.12 bits per heavy atom. The number of ether oxygens (including phenoxy) is 1. The highest BCUT2D eigenvalue weighted by molar-refractivity contribution is 5.20. The average molecular weight is 109 g/mol. The van der Waals surface area contributed by atoms with E-state index in [1.165, 1.54) is 0 Å². The molecule has 1 nitrogen and oxygen atoms in total. The van der Waals surface area contributed by atoms with Gasteiger partial charge in [0.1, 0.15) is 5.75 Å². The van der Waals surface area contributed by atoms with Crippen LogP contribution < -0.4 is 4.74 Å². The van der Waals surface area contributed by atoms with E-state index in [1.54, 1.807) is 7.11 Å². The van der Waals surface area contributed by atoms with Crippen molar-refractivity contribution in [1.29, 1.82) is 0 Å². The minimum Gasteiger partial charge on any atom is -0.497 e. The van der Waals surface area contributed by atoms with E-state index in [-0.39, 0.29) is 0 Å². The lowest BCUT2D eigenvalue weighted by molar-refractivity contribution is 0.415. The van der Waals surface area contributed by atoms with Gasteiger partial charge in [0, 0.05) is 0 Å². The van der Waals surface area contributed by atoms with Gasteiger partial charge >= 0.3 is 0 Å². The molecule has 0 bridgehead atoms. The van der Waals surface area contributed by atoms with Crippen molar-refractivity contribution in [3.63, 3.8) is 0 Å². The van der Waals surface area contributed by atoms with Gasteiger partial charge in [-0.15, -0.1) is 0 Å². The third-order valence-corrected chi connectivity index (χ3v) is 0.979. The van der Waals surface area contributed by atoms with Crippen molar-refractivity contribution in [3.8, 4) is 5.75 Å². The number of benzene rings is 1. The molecular weight excluding hydrogens is 101 g/mol. The molecule has 0 aliphatic rings. The van der Waals surface area contributed by atoms with Crippen molar-refractivity contribution in [1.82, 2.24) is 0 Å². The molecule has 0 atom stereocenters. The van der Waals surface area contributed by atoms with Crippen LogP contribution in [0.15, 0.2) is 30.3 Å². The van der Waals surface area contributed by atoms with Crippen LogP contribution in [0.25, 0.3) is 0 Å². The van der Waals surface area contributed by atoms with Crippen LogP contribution in [0.2, 0.25) is 0 Å². The smallest absolute Gasteiger partial charge is 0.118 e. The van der Waals surface area contributed by atoms with E-state index in [2.05, 4.69) is 0 Å². The molecule has 8 heavy (non-hydrogen) atoms. The van der Waals surface area contributed by atoms with Gasteiger partial charge < -0.3 is 4.74 Å². The average Bonchev–Trinajstić information content (AvgIpc) is 1.90. The number of hydrogen-bond acceptors (Lipinski definition) is 1. The molecule has 0 saturated heterocycles. The van der Waals surface area contributed by atoms with Crippen LogP contribution in [0.1, 0.15) is 0 Å². The highest BCUT2D eigenvalue weighted by atomic mass is 16.5. The van der Waals surface area contributed by atoms with Crippen LogP contribution in [0.4, 0.5) is 0 Å². The number of methoxy groups -OCH3 is 1. The summed E-state index contributed by atoms with van der Waals surface area (Å²) in [6, 6.07) is 9.68. The summed E-state index contributed by atoms with van der Waals surface area (Å²) in [5, 5.41) is 0.